The summed E-state index contributed by atoms with van der Waals surface area (Å²) in [6, 6.07) is 2.19. The van der Waals surface area contributed by atoms with E-state index < -0.39 is 11.7 Å². The Bertz CT molecular complexity index is 711. The zero-order valence-corrected chi connectivity index (χ0v) is 17.7. The van der Waals surface area contributed by atoms with Crippen LogP contribution in [0.4, 0.5) is 10.1 Å². The molecule has 0 saturated carbocycles. The number of carbonyl (C=O) groups excluding carboxylic acids is 1. The molecule has 6 nitrogen and oxygen atoms in total. The number of pyridine rings is 1. The van der Waals surface area contributed by atoms with Gasteiger partial charge in [-0.2, -0.15) is 0 Å². The number of aromatic nitrogens is 1. The Hall–Kier alpha value is -1.99. The molecule has 160 valence electrons. The smallest absolute Gasteiger partial charge is 0.229 e. The molecule has 0 aromatic carbocycles. The SMILES string of the molecule is C=CCCC(C(=O)NC)c1nc(C)c(N2CCC(N3CCNCC3)CC2)cc1F. The van der Waals surface area contributed by atoms with Gasteiger partial charge in [-0.05, 0) is 32.6 Å². The number of hydrogen-bond donors (Lipinski definition) is 2. The van der Waals surface area contributed by atoms with Crippen molar-refractivity contribution in [3.63, 3.8) is 0 Å². The van der Waals surface area contributed by atoms with Crippen LogP contribution in [0.3, 0.4) is 0 Å². The van der Waals surface area contributed by atoms with Gasteiger partial charge in [0.05, 0.1) is 23.0 Å². The maximum atomic E-state index is 15.0. The topological polar surface area (TPSA) is 60.5 Å². The molecular weight excluding hydrogens is 369 g/mol. The molecule has 0 aliphatic carbocycles. The fourth-order valence-electron chi connectivity index (χ4n) is 4.52. The quantitative estimate of drug-likeness (QED) is 0.684. The zero-order chi connectivity index (χ0) is 20.8. The molecule has 1 aromatic heterocycles. The number of carbonyl (C=O) groups is 1. The molecule has 2 aliphatic heterocycles. The van der Waals surface area contributed by atoms with Crippen LogP contribution in [-0.2, 0) is 4.79 Å². The number of nitrogens with one attached hydrogen (secondary N) is 2. The Morgan fingerprint density at radius 2 is 2.07 bits per heavy atom. The number of anilines is 1. The lowest BCUT2D eigenvalue weighted by Crippen LogP contribution is -2.52. The molecule has 2 N–H and O–H groups in total. The highest BCUT2D eigenvalue weighted by Crippen LogP contribution is 2.30. The molecule has 29 heavy (non-hydrogen) atoms. The molecule has 3 heterocycles. The van der Waals surface area contributed by atoms with Crippen LogP contribution in [0.25, 0.3) is 0 Å². The Labute approximate surface area is 173 Å². The lowest BCUT2D eigenvalue weighted by Gasteiger charge is -2.41. The molecule has 1 aromatic rings. The molecule has 0 bridgehead atoms. The molecular formula is C22H34FN5O. The van der Waals surface area contributed by atoms with Gasteiger partial charge in [-0.1, -0.05) is 6.08 Å². The van der Waals surface area contributed by atoms with Gasteiger partial charge >= 0.3 is 0 Å². The first-order valence-corrected chi connectivity index (χ1v) is 10.7. The van der Waals surface area contributed by atoms with E-state index in [0.717, 1.165) is 63.5 Å². The number of amides is 1. The molecule has 7 heteroatoms. The summed E-state index contributed by atoms with van der Waals surface area (Å²) in [5.41, 5.74) is 1.88. The lowest BCUT2D eigenvalue weighted by molar-refractivity contribution is -0.122. The summed E-state index contributed by atoms with van der Waals surface area (Å²) in [4.78, 5) is 21.7. The van der Waals surface area contributed by atoms with E-state index in [2.05, 4.69) is 32.0 Å². The van der Waals surface area contributed by atoms with Crippen LogP contribution in [0.2, 0.25) is 0 Å². The van der Waals surface area contributed by atoms with Gasteiger partial charge in [-0.25, -0.2) is 4.39 Å². The molecule has 1 amide bonds. The van der Waals surface area contributed by atoms with Crippen molar-refractivity contribution in [1.29, 1.82) is 0 Å². The Kier molecular flexibility index (Phi) is 7.61. The summed E-state index contributed by atoms with van der Waals surface area (Å²) in [6.45, 7) is 11.8. The van der Waals surface area contributed by atoms with E-state index in [-0.39, 0.29) is 11.6 Å². The highest BCUT2D eigenvalue weighted by atomic mass is 19.1. The normalized spacial score (nSPS) is 19.8. The van der Waals surface area contributed by atoms with E-state index in [1.165, 1.54) is 0 Å². The molecule has 0 radical (unpaired) electrons. The van der Waals surface area contributed by atoms with Gasteiger partial charge in [0.15, 0.2) is 0 Å². The van der Waals surface area contributed by atoms with E-state index in [9.17, 15) is 4.79 Å². The zero-order valence-electron chi connectivity index (χ0n) is 17.7. The van der Waals surface area contributed by atoms with Gasteiger partial charge in [0.2, 0.25) is 5.91 Å². The Morgan fingerprint density at radius 3 is 2.69 bits per heavy atom. The first kappa shape index (κ1) is 21.7. The maximum absolute atomic E-state index is 15.0. The molecule has 1 atom stereocenters. The standard InChI is InChI=1S/C22H34FN5O/c1-4-5-6-18(22(29)24-3)21-19(23)15-20(16(2)26-21)28-11-7-17(8-12-28)27-13-9-25-10-14-27/h4,15,17-18,25H,1,5-14H2,2-3H3,(H,24,29). The number of piperazine rings is 1. The van der Waals surface area contributed by atoms with Crippen molar-refractivity contribution < 1.29 is 9.18 Å². The minimum atomic E-state index is -0.593. The molecule has 1 unspecified atom stereocenters. The third kappa shape index (κ3) is 5.14. The summed E-state index contributed by atoms with van der Waals surface area (Å²) in [5, 5.41) is 6.04. The first-order valence-electron chi connectivity index (χ1n) is 10.7. The van der Waals surface area contributed by atoms with Crippen LogP contribution in [0.5, 0.6) is 0 Å². The second-order valence-corrected chi connectivity index (χ2v) is 8.00. The van der Waals surface area contributed by atoms with Crippen LogP contribution >= 0.6 is 0 Å². The Balaban J connectivity index is 1.72. The third-order valence-electron chi connectivity index (χ3n) is 6.19. The third-order valence-corrected chi connectivity index (χ3v) is 6.19. The van der Waals surface area contributed by atoms with E-state index in [4.69, 9.17) is 0 Å². The highest BCUT2D eigenvalue weighted by Gasteiger charge is 2.29. The maximum Gasteiger partial charge on any atom is 0.229 e. The Morgan fingerprint density at radius 1 is 1.38 bits per heavy atom. The number of hydrogen-bond acceptors (Lipinski definition) is 5. The van der Waals surface area contributed by atoms with E-state index in [1.807, 2.05) is 6.92 Å². The van der Waals surface area contributed by atoms with Crippen molar-refractivity contribution in [3.05, 3.63) is 35.9 Å². The molecule has 2 saturated heterocycles. The van der Waals surface area contributed by atoms with Crippen LogP contribution < -0.4 is 15.5 Å². The average molecular weight is 404 g/mol. The van der Waals surface area contributed by atoms with Crippen molar-refractivity contribution in [2.75, 3.05) is 51.2 Å². The van der Waals surface area contributed by atoms with E-state index >= 15 is 4.39 Å². The lowest BCUT2D eigenvalue weighted by atomic mass is 9.96. The van der Waals surface area contributed by atoms with Crippen molar-refractivity contribution in [2.45, 2.75) is 44.6 Å². The number of nitrogens with zero attached hydrogens (tertiary/aromatic N) is 3. The second kappa shape index (κ2) is 10.2. The van der Waals surface area contributed by atoms with Gasteiger partial charge < -0.3 is 15.5 Å². The van der Waals surface area contributed by atoms with Crippen molar-refractivity contribution in [3.8, 4) is 0 Å². The van der Waals surface area contributed by atoms with Crippen molar-refractivity contribution in [2.24, 2.45) is 0 Å². The highest BCUT2D eigenvalue weighted by molar-refractivity contribution is 5.83. The van der Waals surface area contributed by atoms with E-state index in [0.29, 0.717) is 18.9 Å². The number of rotatable bonds is 7. The minimum Gasteiger partial charge on any atom is -0.370 e. The predicted molar refractivity (Wildman–Crippen MR) is 115 cm³/mol. The summed E-state index contributed by atoms with van der Waals surface area (Å²) in [7, 11) is 1.57. The molecule has 3 rings (SSSR count). The second-order valence-electron chi connectivity index (χ2n) is 8.00. The average Bonchev–Trinajstić information content (AvgIpc) is 2.76. The fourth-order valence-corrected chi connectivity index (χ4v) is 4.52. The molecule has 2 aliphatic rings. The number of piperidine rings is 1. The number of aryl methyl sites for hydroxylation is 1. The summed E-state index contributed by atoms with van der Waals surface area (Å²) in [6.07, 6.45) is 5.06. The van der Waals surface area contributed by atoms with Gasteiger partial charge in [0.1, 0.15) is 5.82 Å². The van der Waals surface area contributed by atoms with Gasteiger partial charge in [0.25, 0.3) is 0 Å². The largest absolute Gasteiger partial charge is 0.370 e. The van der Waals surface area contributed by atoms with Gasteiger partial charge in [0, 0.05) is 58.4 Å². The summed E-state index contributed by atoms with van der Waals surface area (Å²) < 4.78 is 15.0. The van der Waals surface area contributed by atoms with E-state index in [1.54, 1.807) is 19.2 Å². The number of halogens is 1. The van der Waals surface area contributed by atoms with Crippen LogP contribution in [0, 0.1) is 12.7 Å². The minimum absolute atomic E-state index is 0.206. The first-order chi connectivity index (χ1) is 14.0. The number of allylic oxidation sites excluding steroid dienone is 1. The van der Waals surface area contributed by atoms with Crippen LogP contribution in [0.1, 0.15) is 43.0 Å². The van der Waals surface area contributed by atoms with Crippen molar-refractivity contribution in [1.82, 2.24) is 20.5 Å². The molecule has 2 fully saturated rings. The van der Waals surface area contributed by atoms with Crippen LogP contribution in [0.15, 0.2) is 18.7 Å². The summed E-state index contributed by atoms with van der Waals surface area (Å²) >= 11 is 0. The van der Waals surface area contributed by atoms with Crippen molar-refractivity contribution >= 4 is 11.6 Å². The monoisotopic (exact) mass is 403 g/mol. The predicted octanol–water partition coefficient (Wildman–Crippen LogP) is 2.20. The molecule has 0 spiro atoms. The van der Waals surface area contributed by atoms with Crippen LogP contribution in [-0.4, -0.2) is 68.1 Å². The van der Waals surface area contributed by atoms with Gasteiger partial charge in [-0.15, -0.1) is 6.58 Å². The fraction of sp³-hybridized carbons (Fsp3) is 0.636. The van der Waals surface area contributed by atoms with Gasteiger partial charge in [-0.3, -0.25) is 14.7 Å². The number of likely N-dealkylation sites (N-methyl/N-ethyl adjacent to an activating group) is 1. The summed E-state index contributed by atoms with van der Waals surface area (Å²) in [5.74, 6) is -1.20.